The molecule has 0 aromatic heterocycles. The average molecular weight is 426 g/mol. The second kappa shape index (κ2) is 10.8. The van der Waals surface area contributed by atoms with Crippen LogP contribution in [0.5, 0.6) is 0 Å². The van der Waals surface area contributed by atoms with Gasteiger partial charge in [-0.05, 0) is 55.2 Å². The van der Waals surface area contributed by atoms with Crippen LogP contribution in [0.2, 0.25) is 0 Å². The van der Waals surface area contributed by atoms with E-state index in [1.807, 2.05) is 12.1 Å². The molecule has 0 heterocycles. The van der Waals surface area contributed by atoms with Crippen LogP contribution in [-0.4, -0.2) is 30.0 Å². The predicted molar refractivity (Wildman–Crippen MR) is 120 cm³/mol. The van der Waals surface area contributed by atoms with Crippen molar-refractivity contribution in [2.75, 3.05) is 17.6 Å². The maximum absolute atomic E-state index is 12.7. The summed E-state index contributed by atoms with van der Waals surface area (Å²) >= 11 is 1.35. The third kappa shape index (κ3) is 6.35. The summed E-state index contributed by atoms with van der Waals surface area (Å²) < 4.78 is 0. The number of benzene rings is 2. The van der Waals surface area contributed by atoms with Crippen LogP contribution in [0.1, 0.15) is 52.8 Å². The van der Waals surface area contributed by atoms with E-state index < -0.39 is 5.91 Å². The molecular formula is C23H27N3O3S. The van der Waals surface area contributed by atoms with E-state index >= 15 is 0 Å². The van der Waals surface area contributed by atoms with E-state index in [2.05, 4.69) is 10.6 Å². The highest BCUT2D eigenvalue weighted by molar-refractivity contribution is 8.00. The summed E-state index contributed by atoms with van der Waals surface area (Å²) in [5.74, 6) is 0.0584. The normalized spacial score (nSPS) is 14.1. The third-order valence-electron chi connectivity index (χ3n) is 5.23. The van der Waals surface area contributed by atoms with E-state index in [1.54, 1.807) is 36.4 Å². The second-order valence-corrected chi connectivity index (χ2v) is 8.51. The maximum atomic E-state index is 12.7. The van der Waals surface area contributed by atoms with Crippen LogP contribution < -0.4 is 16.4 Å². The van der Waals surface area contributed by atoms with Crippen molar-refractivity contribution in [1.82, 2.24) is 5.32 Å². The van der Waals surface area contributed by atoms with Crippen molar-refractivity contribution in [2.24, 2.45) is 11.7 Å². The SMILES string of the molecule is NC(=O)c1ccc(NC(=O)c2ccccc2SCC(=O)NCC2CCCCC2)cc1. The number of nitrogens with one attached hydrogen (secondary N) is 2. The molecule has 2 aromatic carbocycles. The molecule has 6 nitrogen and oxygen atoms in total. The van der Waals surface area contributed by atoms with E-state index in [0.29, 0.717) is 22.7 Å². The van der Waals surface area contributed by atoms with Crippen LogP contribution in [0.3, 0.4) is 0 Å². The first-order valence-electron chi connectivity index (χ1n) is 10.2. The lowest BCUT2D eigenvalue weighted by atomic mass is 9.89. The first kappa shape index (κ1) is 21.9. The van der Waals surface area contributed by atoms with Gasteiger partial charge < -0.3 is 16.4 Å². The zero-order valence-corrected chi connectivity index (χ0v) is 17.7. The molecule has 0 bridgehead atoms. The standard InChI is InChI=1S/C23H27N3O3S/c24-22(28)17-10-12-18(13-11-17)26-23(29)19-8-4-5-9-20(19)30-15-21(27)25-14-16-6-2-1-3-7-16/h4-5,8-13,16H,1-3,6-7,14-15H2,(H2,24,28)(H,25,27)(H,26,29). The van der Waals surface area contributed by atoms with Crippen LogP contribution in [0.4, 0.5) is 5.69 Å². The maximum Gasteiger partial charge on any atom is 0.256 e. The molecule has 1 saturated carbocycles. The molecule has 1 aliphatic rings. The molecule has 0 unspecified atom stereocenters. The van der Waals surface area contributed by atoms with E-state index in [-0.39, 0.29) is 17.6 Å². The number of thioether (sulfide) groups is 1. The highest BCUT2D eigenvalue weighted by Gasteiger charge is 2.16. The lowest BCUT2D eigenvalue weighted by Gasteiger charge is -2.21. The molecule has 0 saturated heterocycles. The zero-order valence-electron chi connectivity index (χ0n) is 16.9. The Morgan fingerprint density at radius 1 is 0.967 bits per heavy atom. The molecule has 0 atom stereocenters. The largest absolute Gasteiger partial charge is 0.366 e. The lowest BCUT2D eigenvalue weighted by Crippen LogP contribution is -2.31. The summed E-state index contributed by atoms with van der Waals surface area (Å²) in [4.78, 5) is 36.9. The van der Waals surface area contributed by atoms with Crippen molar-refractivity contribution in [1.29, 1.82) is 0 Å². The molecule has 1 fully saturated rings. The minimum atomic E-state index is -0.517. The quantitative estimate of drug-likeness (QED) is 0.560. The molecule has 4 N–H and O–H groups in total. The Morgan fingerprint density at radius 2 is 1.67 bits per heavy atom. The summed E-state index contributed by atoms with van der Waals surface area (Å²) in [6, 6.07) is 13.6. The average Bonchev–Trinajstić information content (AvgIpc) is 2.77. The van der Waals surface area contributed by atoms with Gasteiger partial charge in [-0.25, -0.2) is 0 Å². The van der Waals surface area contributed by atoms with Gasteiger partial charge >= 0.3 is 0 Å². The van der Waals surface area contributed by atoms with Gasteiger partial charge in [0.15, 0.2) is 0 Å². The van der Waals surface area contributed by atoms with Crippen molar-refractivity contribution < 1.29 is 14.4 Å². The molecule has 7 heteroatoms. The van der Waals surface area contributed by atoms with Crippen LogP contribution >= 0.6 is 11.8 Å². The Labute approximate surface area is 181 Å². The van der Waals surface area contributed by atoms with Gasteiger partial charge in [-0.3, -0.25) is 14.4 Å². The highest BCUT2D eigenvalue weighted by atomic mass is 32.2. The van der Waals surface area contributed by atoms with Gasteiger partial charge in [0.05, 0.1) is 11.3 Å². The summed E-state index contributed by atoms with van der Waals surface area (Å²) in [6.07, 6.45) is 6.19. The van der Waals surface area contributed by atoms with Crippen molar-refractivity contribution in [3.05, 3.63) is 59.7 Å². The van der Waals surface area contributed by atoms with Gasteiger partial charge in [-0.1, -0.05) is 31.4 Å². The highest BCUT2D eigenvalue weighted by Crippen LogP contribution is 2.25. The van der Waals surface area contributed by atoms with Gasteiger partial charge in [0.25, 0.3) is 5.91 Å². The molecular weight excluding hydrogens is 398 g/mol. The monoisotopic (exact) mass is 425 g/mol. The number of carbonyl (C=O) groups excluding carboxylic acids is 3. The van der Waals surface area contributed by atoms with Crippen LogP contribution in [0, 0.1) is 5.92 Å². The van der Waals surface area contributed by atoms with Crippen LogP contribution in [0.25, 0.3) is 0 Å². The lowest BCUT2D eigenvalue weighted by molar-refractivity contribution is -0.118. The summed E-state index contributed by atoms with van der Waals surface area (Å²) in [5, 5.41) is 5.84. The topological polar surface area (TPSA) is 101 Å². The van der Waals surface area contributed by atoms with Gasteiger partial charge in [0.2, 0.25) is 11.8 Å². The Morgan fingerprint density at radius 3 is 2.37 bits per heavy atom. The van der Waals surface area contributed by atoms with Crippen molar-refractivity contribution in [2.45, 2.75) is 37.0 Å². The molecule has 30 heavy (non-hydrogen) atoms. The summed E-state index contributed by atoms with van der Waals surface area (Å²) in [7, 11) is 0. The number of anilines is 1. The van der Waals surface area contributed by atoms with Gasteiger partial charge in [0, 0.05) is 22.7 Å². The molecule has 0 radical (unpaired) electrons. The molecule has 1 aliphatic carbocycles. The first-order chi connectivity index (χ1) is 14.5. The number of hydrogen-bond acceptors (Lipinski definition) is 4. The molecule has 0 aliphatic heterocycles. The number of hydrogen-bond donors (Lipinski definition) is 3. The fourth-order valence-corrected chi connectivity index (χ4v) is 4.42. The smallest absolute Gasteiger partial charge is 0.256 e. The number of rotatable bonds is 8. The van der Waals surface area contributed by atoms with Gasteiger partial charge in [0.1, 0.15) is 0 Å². The molecule has 0 spiro atoms. The fraction of sp³-hybridized carbons (Fsp3) is 0.348. The minimum Gasteiger partial charge on any atom is -0.366 e. The molecule has 3 rings (SSSR count). The van der Waals surface area contributed by atoms with E-state index in [4.69, 9.17) is 5.73 Å². The summed E-state index contributed by atoms with van der Waals surface area (Å²) in [6.45, 7) is 0.739. The minimum absolute atomic E-state index is 0.0113. The van der Waals surface area contributed by atoms with E-state index in [1.165, 1.54) is 43.9 Å². The molecule has 158 valence electrons. The van der Waals surface area contributed by atoms with E-state index in [0.717, 1.165) is 11.4 Å². The van der Waals surface area contributed by atoms with Gasteiger partial charge in [-0.2, -0.15) is 0 Å². The van der Waals surface area contributed by atoms with Gasteiger partial charge in [-0.15, -0.1) is 11.8 Å². The van der Waals surface area contributed by atoms with Crippen LogP contribution in [0.15, 0.2) is 53.4 Å². The number of nitrogens with two attached hydrogens (primary N) is 1. The van der Waals surface area contributed by atoms with Crippen molar-refractivity contribution in [3.8, 4) is 0 Å². The number of primary amides is 1. The zero-order chi connectivity index (χ0) is 21.3. The van der Waals surface area contributed by atoms with Crippen LogP contribution in [-0.2, 0) is 4.79 Å². The summed E-state index contributed by atoms with van der Waals surface area (Å²) in [5.41, 5.74) is 6.68. The van der Waals surface area contributed by atoms with E-state index in [9.17, 15) is 14.4 Å². The Bertz CT molecular complexity index is 893. The predicted octanol–water partition coefficient (Wildman–Crippen LogP) is 3.83. The Kier molecular flexibility index (Phi) is 7.90. The van der Waals surface area contributed by atoms with Crippen molar-refractivity contribution in [3.63, 3.8) is 0 Å². The molecule has 2 aromatic rings. The number of carbonyl (C=O) groups is 3. The fourth-order valence-electron chi connectivity index (χ4n) is 3.54. The Balaban J connectivity index is 1.54. The molecule has 3 amide bonds. The van der Waals surface area contributed by atoms with Crippen molar-refractivity contribution >= 4 is 35.2 Å². The number of amides is 3. The second-order valence-electron chi connectivity index (χ2n) is 7.49. The first-order valence-corrected chi connectivity index (χ1v) is 11.2. The Hall–Kier alpha value is -2.80. The third-order valence-corrected chi connectivity index (χ3v) is 6.30.